The third-order valence-electron chi connectivity index (χ3n) is 3.79. The summed E-state index contributed by atoms with van der Waals surface area (Å²) in [7, 11) is 1.44. The van der Waals surface area contributed by atoms with Gasteiger partial charge in [-0.25, -0.2) is 0 Å². The van der Waals surface area contributed by atoms with E-state index in [9.17, 15) is 4.79 Å². The minimum absolute atomic E-state index is 0.110. The van der Waals surface area contributed by atoms with Crippen molar-refractivity contribution in [3.63, 3.8) is 0 Å². The van der Waals surface area contributed by atoms with E-state index in [1.165, 1.54) is 58.5 Å². The number of unbranched alkanes of at least 4 members (excludes halogenated alkanes) is 9. The van der Waals surface area contributed by atoms with Crippen LogP contribution in [0, 0.1) is 0 Å². The van der Waals surface area contributed by atoms with Gasteiger partial charge in [0.15, 0.2) is 0 Å². The Morgan fingerprint density at radius 3 is 1.82 bits per heavy atom. The fraction of sp³-hybridized carbons (Fsp3) is 0.750. The topological polar surface area (TPSA) is 26.3 Å². The summed E-state index contributed by atoms with van der Waals surface area (Å²) >= 11 is 0. The molecule has 22 heavy (non-hydrogen) atoms. The van der Waals surface area contributed by atoms with Crippen LogP contribution in [0.1, 0.15) is 90.4 Å². The number of hydrogen-bond donors (Lipinski definition) is 0. The van der Waals surface area contributed by atoms with Crippen LogP contribution in [-0.2, 0) is 9.53 Å². The van der Waals surface area contributed by atoms with Crippen molar-refractivity contribution in [2.75, 3.05) is 7.11 Å². The highest BCUT2D eigenvalue weighted by Gasteiger charge is 1.96. The van der Waals surface area contributed by atoms with Crippen LogP contribution in [0.4, 0.5) is 0 Å². The zero-order valence-corrected chi connectivity index (χ0v) is 14.8. The molecule has 0 heterocycles. The Balaban J connectivity index is 3.21. The average molecular weight is 309 g/mol. The Bertz CT molecular complexity index is 292. The molecule has 0 N–H and O–H groups in total. The van der Waals surface area contributed by atoms with E-state index in [1.807, 2.05) is 0 Å². The molecule has 0 rings (SSSR count). The number of ether oxygens (including phenoxy) is 1. The van der Waals surface area contributed by atoms with Gasteiger partial charge in [-0.05, 0) is 38.5 Å². The second-order valence-corrected chi connectivity index (χ2v) is 5.90. The predicted octanol–water partition coefficient (Wildman–Crippen LogP) is 6.36. The lowest BCUT2D eigenvalue weighted by atomic mass is 10.1. The van der Waals surface area contributed by atoms with Gasteiger partial charge in [-0.1, -0.05) is 69.8 Å². The molecule has 0 aromatic rings. The first kappa shape index (κ1) is 20.9. The summed E-state index contributed by atoms with van der Waals surface area (Å²) in [6.07, 6.45) is 24.6. The Kier molecular flexibility index (Phi) is 17.1. The molecule has 0 radical (unpaired) electrons. The second kappa shape index (κ2) is 18.0. The number of methoxy groups -OCH3 is 1. The molecule has 0 spiro atoms. The largest absolute Gasteiger partial charge is 0.469 e. The number of allylic oxidation sites excluding steroid dienone is 4. The molecule has 0 aromatic heterocycles. The number of hydrogen-bond acceptors (Lipinski definition) is 2. The molecular formula is C20H36O2. The highest BCUT2D eigenvalue weighted by Crippen LogP contribution is 2.09. The molecule has 0 aliphatic rings. The Labute approximate surface area is 138 Å². The van der Waals surface area contributed by atoms with E-state index >= 15 is 0 Å². The summed E-state index contributed by atoms with van der Waals surface area (Å²) in [4.78, 5) is 10.9. The van der Waals surface area contributed by atoms with Crippen molar-refractivity contribution >= 4 is 5.97 Å². The maximum absolute atomic E-state index is 10.9. The normalized spacial score (nSPS) is 11.5. The Morgan fingerprint density at radius 2 is 1.23 bits per heavy atom. The molecule has 0 fully saturated rings. The number of carbonyl (C=O) groups excluding carboxylic acids is 1. The van der Waals surface area contributed by atoms with E-state index in [-0.39, 0.29) is 5.97 Å². The fourth-order valence-electron chi connectivity index (χ4n) is 2.35. The molecule has 2 heteroatoms. The Morgan fingerprint density at radius 1 is 0.727 bits per heavy atom. The standard InChI is InChI=1S/C20H36O2/c1-3-4-5-6-7-8-9-10-11-12-13-14-15-16-17-18-19-20(21)22-2/h11-12,15-16H,3-10,13-14,17-19H2,1-2H3. The molecule has 0 unspecified atom stereocenters. The van der Waals surface area contributed by atoms with Gasteiger partial charge in [-0.3, -0.25) is 4.79 Å². The lowest BCUT2D eigenvalue weighted by molar-refractivity contribution is -0.140. The van der Waals surface area contributed by atoms with Crippen LogP contribution in [0.2, 0.25) is 0 Å². The molecule has 0 aromatic carbocycles. The summed E-state index contributed by atoms with van der Waals surface area (Å²) < 4.78 is 4.60. The van der Waals surface area contributed by atoms with Crippen LogP contribution in [0.3, 0.4) is 0 Å². The average Bonchev–Trinajstić information content (AvgIpc) is 2.54. The minimum Gasteiger partial charge on any atom is -0.469 e. The van der Waals surface area contributed by atoms with Crippen molar-refractivity contribution in [1.29, 1.82) is 0 Å². The molecule has 0 amide bonds. The van der Waals surface area contributed by atoms with Gasteiger partial charge in [0.2, 0.25) is 0 Å². The number of esters is 1. The highest BCUT2D eigenvalue weighted by atomic mass is 16.5. The van der Waals surface area contributed by atoms with Crippen LogP contribution in [0.25, 0.3) is 0 Å². The first-order chi connectivity index (χ1) is 10.8. The van der Waals surface area contributed by atoms with Gasteiger partial charge in [0.05, 0.1) is 7.11 Å². The number of rotatable bonds is 15. The first-order valence-electron chi connectivity index (χ1n) is 9.18. The maximum atomic E-state index is 10.9. The summed E-state index contributed by atoms with van der Waals surface area (Å²) in [6.45, 7) is 2.27. The van der Waals surface area contributed by atoms with Gasteiger partial charge in [0.25, 0.3) is 0 Å². The van der Waals surface area contributed by atoms with Gasteiger partial charge in [-0.15, -0.1) is 0 Å². The second-order valence-electron chi connectivity index (χ2n) is 5.90. The lowest BCUT2D eigenvalue weighted by Gasteiger charge is -1.98. The van der Waals surface area contributed by atoms with E-state index in [0.29, 0.717) is 6.42 Å². The van der Waals surface area contributed by atoms with Crippen molar-refractivity contribution in [3.05, 3.63) is 24.3 Å². The van der Waals surface area contributed by atoms with Gasteiger partial charge < -0.3 is 4.74 Å². The Hall–Kier alpha value is -1.05. The highest BCUT2D eigenvalue weighted by molar-refractivity contribution is 5.68. The predicted molar refractivity (Wildman–Crippen MR) is 96.0 cm³/mol. The smallest absolute Gasteiger partial charge is 0.305 e. The van der Waals surface area contributed by atoms with Crippen molar-refractivity contribution in [2.45, 2.75) is 90.4 Å². The third kappa shape index (κ3) is 17.0. The van der Waals surface area contributed by atoms with E-state index in [2.05, 4.69) is 36.0 Å². The van der Waals surface area contributed by atoms with Crippen LogP contribution in [0.15, 0.2) is 24.3 Å². The van der Waals surface area contributed by atoms with Gasteiger partial charge >= 0.3 is 5.97 Å². The fourth-order valence-corrected chi connectivity index (χ4v) is 2.35. The molecule has 128 valence electrons. The van der Waals surface area contributed by atoms with Gasteiger partial charge in [0, 0.05) is 6.42 Å². The summed E-state index contributed by atoms with van der Waals surface area (Å²) in [5.41, 5.74) is 0. The zero-order valence-electron chi connectivity index (χ0n) is 14.8. The van der Waals surface area contributed by atoms with E-state index in [0.717, 1.165) is 25.7 Å². The van der Waals surface area contributed by atoms with Gasteiger partial charge in [0.1, 0.15) is 0 Å². The molecule has 0 saturated carbocycles. The third-order valence-corrected chi connectivity index (χ3v) is 3.79. The van der Waals surface area contributed by atoms with Crippen LogP contribution >= 0.6 is 0 Å². The number of carbonyl (C=O) groups is 1. The van der Waals surface area contributed by atoms with Crippen LogP contribution < -0.4 is 0 Å². The summed E-state index contributed by atoms with van der Waals surface area (Å²) in [6, 6.07) is 0. The first-order valence-corrected chi connectivity index (χ1v) is 9.18. The molecule has 2 nitrogen and oxygen atoms in total. The molecular weight excluding hydrogens is 272 g/mol. The quantitative estimate of drug-likeness (QED) is 0.200. The summed E-state index contributed by atoms with van der Waals surface area (Å²) in [5, 5.41) is 0. The molecule has 0 saturated heterocycles. The molecule has 0 bridgehead atoms. The molecule has 0 aliphatic carbocycles. The van der Waals surface area contributed by atoms with Crippen molar-refractivity contribution in [2.24, 2.45) is 0 Å². The zero-order chi connectivity index (χ0) is 16.3. The molecule has 0 aliphatic heterocycles. The van der Waals surface area contributed by atoms with Crippen LogP contribution in [-0.4, -0.2) is 13.1 Å². The van der Waals surface area contributed by atoms with E-state index in [4.69, 9.17) is 0 Å². The van der Waals surface area contributed by atoms with Crippen LogP contribution in [0.5, 0.6) is 0 Å². The minimum atomic E-state index is -0.110. The lowest BCUT2D eigenvalue weighted by Crippen LogP contribution is -1.98. The van der Waals surface area contributed by atoms with Crippen molar-refractivity contribution in [1.82, 2.24) is 0 Å². The summed E-state index contributed by atoms with van der Waals surface area (Å²) in [5.74, 6) is -0.110. The van der Waals surface area contributed by atoms with Crippen molar-refractivity contribution in [3.8, 4) is 0 Å². The van der Waals surface area contributed by atoms with Gasteiger partial charge in [-0.2, -0.15) is 0 Å². The van der Waals surface area contributed by atoms with E-state index < -0.39 is 0 Å². The van der Waals surface area contributed by atoms with Crippen molar-refractivity contribution < 1.29 is 9.53 Å². The maximum Gasteiger partial charge on any atom is 0.305 e. The SMILES string of the molecule is CCCCCCCCCC=CCCC=CCCCC(=O)OC. The monoisotopic (exact) mass is 308 g/mol. The molecule has 0 atom stereocenters. The van der Waals surface area contributed by atoms with E-state index in [1.54, 1.807) is 0 Å².